The molecule has 0 amide bonds. The summed E-state index contributed by atoms with van der Waals surface area (Å²) in [7, 11) is 7.91. The Labute approximate surface area is 154 Å². The molecule has 0 N–H and O–H groups in total. The predicted molar refractivity (Wildman–Crippen MR) is 99.3 cm³/mol. The van der Waals surface area contributed by atoms with Crippen LogP contribution in [0.15, 0.2) is 0 Å². The fourth-order valence-corrected chi connectivity index (χ4v) is 4.13. The monoisotopic (exact) mass is 434 g/mol. The molecule has 0 unspecified atom stereocenters. The summed E-state index contributed by atoms with van der Waals surface area (Å²) in [5.41, 5.74) is 3.12. The Balaban J connectivity index is 0.000000322. The standard InChI is InChI=1S/2C8H13Si.2ClH.Zr/c2*1-9(2,3)8-6-4-5-7-8;;;/h2*4-7H,1-3H3;2*1H;/q;;;;+2/p-2. The molecule has 0 heterocycles. The van der Waals surface area contributed by atoms with E-state index in [0.29, 0.717) is 0 Å². The van der Waals surface area contributed by atoms with Gasteiger partial charge < -0.3 is 0 Å². The zero-order valence-corrected chi connectivity index (χ0v) is 19.8. The first kappa shape index (κ1) is 22.9. The summed E-state index contributed by atoms with van der Waals surface area (Å²) in [4.78, 5) is 0. The van der Waals surface area contributed by atoms with E-state index in [9.17, 15) is 0 Å². The molecule has 0 spiro atoms. The van der Waals surface area contributed by atoms with Gasteiger partial charge in [0.2, 0.25) is 0 Å². The van der Waals surface area contributed by atoms with Crippen LogP contribution in [-0.2, 0) is 20.8 Å². The van der Waals surface area contributed by atoms with Crippen molar-refractivity contribution in [3.05, 3.63) is 62.4 Å². The van der Waals surface area contributed by atoms with Crippen molar-refractivity contribution in [2.45, 2.75) is 39.3 Å². The molecule has 2 fully saturated rings. The second-order valence-corrected chi connectivity index (χ2v) is 20.8. The van der Waals surface area contributed by atoms with Gasteiger partial charge in [-0.1, -0.05) is 39.3 Å². The molecule has 116 valence electrons. The first-order valence-electron chi connectivity index (χ1n) is 7.03. The predicted octanol–water partition coefficient (Wildman–Crippen LogP) is 5.91. The summed E-state index contributed by atoms with van der Waals surface area (Å²) >= 11 is -0.826. The molecule has 2 aliphatic carbocycles. The molecule has 2 saturated carbocycles. The fourth-order valence-electron chi connectivity index (χ4n) is 1.75. The summed E-state index contributed by atoms with van der Waals surface area (Å²) in [6, 6.07) is 0. The number of rotatable bonds is 2. The molecule has 0 nitrogen and oxygen atoms in total. The number of hydrogen-bond acceptors (Lipinski definition) is 0. The van der Waals surface area contributed by atoms with Gasteiger partial charge in [-0.25, -0.2) is 0 Å². The van der Waals surface area contributed by atoms with Crippen LogP contribution in [-0.4, -0.2) is 16.1 Å². The molecule has 0 aromatic rings. The van der Waals surface area contributed by atoms with Crippen molar-refractivity contribution in [1.29, 1.82) is 0 Å². The van der Waals surface area contributed by atoms with Gasteiger partial charge in [0.25, 0.3) is 0 Å². The second kappa shape index (κ2) is 11.5. The van der Waals surface area contributed by atoms with Crippen LogP contribution in [0.2, 0.25) is 39.3 Å². The Morgan fingerprint density at radius 1 is 0.619 bits per heavy atom. The fraction of sp³-hybridized carbons (Fsp3) is 0.375. The molecular weight excluding hydrogens is 410 g/mol. The van der Waals surface area contributed by atoms with E-state index in [1.165, 1.54) is 0 Å². The summed E-state index contributed by atoms with van der Waals surface area (Å²) in [6.45, 7) is 14.2. The van der Waals surface area contributed by atoms with E-state index in [1.807, 2.05) is 0 Å². The van der Waals surface area contributed by atoms with E-state index in [0.717, 1.165) is 0 Å². The molecule has 0 bridgehead atoms. The van der Waals surface area contributed by atoms with Crippen molar-refractivity contribution in [2.75, 3.05) is 0 Å². The minimum atomic E-state index is -0.981. The maximum atomic E-state index is 4.93. The third-order valence-electron chi connectivity index (χ3n) is 3.06. The molecular formula is C16H26Cl2Si2Zr. The van der Waals surface area contributed by atoms with Gasteiger partial charge in [0, 0.05) is 0 Å². The quantitative estimate of drug-likeness (QED) is 0.472. The molecule has 21 heavy (non-hydrogen) atoms. The van der Waals surface area contributed by atoms with E-state index >= 15 is 0 Å². The summed E-state index contributed by atoms with van der Waals surface area (Å²) in [5, 5.41) is 0. The Bertz CT molecular complexity index is 224. The van der Waals surface area contributed by atoms with Crippen LogP contribution in [0.1, 0.15) is 0 Å². The topological polar surface area (TPSA) is 0 Å². The van der Waals surface area contributed by atoms with E-state index in [1.54, 1.807) is 11.1 Å². The third kappa shape index (κ3) is 11.1. The van der Waals surface area contributed by atoms with Crippen LogP contribution in [0.4, 0.5) is 0 Å². The molecule has 5 heteroatoms. The van der Waals surface area contributed by atoms with Gasteiger partial charge in [0.15, 0.2) is 0 Å². The Hall–Kier alpha value is 1.90. The van der Waals surface area contributed by atoms with Crippen molar-refractivity contribution >= 4 is 33.2 Å². The van der Waals surface area contributed by atoms with Gasteiger partial charge in [0.1, 0.15) is 0 Å². The van der Waals surface area contributed by atoms with Crippen molar-refractivity contribution in [3.63, 3.8) is 0 Å². The van der Waals surface area contributed by atoms with Crippen molar-refractivity contribution in [1.82, 2.24) is 0 Å². The normalized spacial score (nSPS) is 20.4. The SMILES string of the molecule is C[Si](C)(C)[C]1[CH][CH][CH][CH]1.C[Si](C)(C)[C]1[CH][CH][CH][CH]1.[Cl][Zr][Cl]. The third-order valence-corrected chi connectivity index (χ3v) is 7.19. The molecule has 0 saturated heterocycles. The zero-order chi connectivity index (χ0) is 16.5. The van der Waals surface area contributed by atoms with Gasteiger partial charge in [-0.05, 0) is 62.4 Å². The minimum absolute atomic E-state index is 0.826. The van der Waals surface area contributed by atoms with E-state index < -0.39 is 37.0 Å². The molecule has 2 rings (SSSR count). The first-order chi connectivity index (χ1) is 9.62. The van der Waals surface area contributed by atoms with E-state index in [2.05, 4.69) is 90.6 Å². The van der Waals surface area contributed by atoms with Crippen molar-refractivity contribution in [3.8, 4) is 0 Å². The Kier molecular flexibility index (Phi) is 12.5. The molecule has 0 aromatic carbocycles. The molecule has 2 aliphatic rings. The van der Waals surface area contributed by atoms with Gasteiger partial charge in [-0.2, -0.15) is 0 Å². The van der Waals surface area contributed by atoms with Gasteiger partial charge in [0.05, 0.1) is 16.1 Å². The van der Waals surface area contributed by atoms with Gasteiger partial charge in [-0.3, -0.25) is 0 Å². The van der Waals surface area contributed by atoms with Crippen LogP contribution < -0.4 is 0 Å². The number of halogens is 2. The van der Waals surface area contributed by atoms with Crippen LogP contribution in [0.3, 0.4) is 0 Å². The van der Waals surface area contributed by atoms with Gasteiger partial charge >= 0.3 is 37.9 Å². The Morgan fingerprint density at radius 3 is 0.905 bits per heavy atom. The van der Waals surface area contributed by atoms with Crippen LogP contribution in [0.25, 0.3) is 0 Å². The molecule has 0 aliphatic heterocycles. The molecule has 0 aromatic heterocycles. The Morgan fingerprint density at radius 2 is 0.810 bits per heavy atom. The second-order valence-electron chi connectivity index (χ2n) is 6.92. The van der Waals surface area contributed by atoms with Crippen LogP contribution in [0.5, 0.6) is 0 Å². The van der Waals surface area contributed by atoms with E-state index in [4.69, 9.17) is 17.0 Å². The van der Waals surface area contributed by atoms with Gasteiger partial charge in [-0.15, -0.1) is 0 Å². The summed E-state index contributed by atoms with van der Waals surface area (Å²) in [5.74, 6) is 0. The number of hydrogen-bond donors (Lipinski definition) is 0. The molecule has 10 radical (unpaired) electrons. The summed E-state index contributed by atoms with van der Waals surface area (Å²) in [6.07, 6.45) is 17.4. The maximum absolute atomic E-state index is 4.93. The van der Waals surface area contributed by atoms with Crippen molar-refractivity contribution in [2.24, 2.45) is 0 Å². The zero-order valence-electron chi connectivity index (χ0n) is 13.9. The van der Waals surface area contributed by atoms with E-state index in [-0.39, 0.29) is 0 Å². The van der Waals surface area contributed by atoms with Crippen molar-refractivity contribution < 1.29 is 20.8 Å². The average molecular weight is 437 g/mol. The van der Waals surface area contributed by atoms with Crippen LogP contribution >= 0.6 is 17.0 Å². The summed E-state index contributed by atoms with van der Waals surface area (Å²) < 4.78 is 0. The first-order valence-corrected chi connectivity index (χ1v) is 20.4. The van der Waals surface area contributed by atoms with Crippen LogP contribution in [0, 0.1) is 62.4 Å². The average Bonchev–Trinajstić information content (AvgIpc) is 3.03. The molecule has 0 atom stereocenters.